The number of rotatable bonds is 6. The van der Waals surface area contributed by atoms with E-state index in [0.717, 1.165) is 25.0 Å². The molecule has 1 aliphatic heterocycles. The zero-order valence-corrected chi connectivity index (χ0v) is 15.4. The molecule has 2 aliphatic rings. The van der Waals surface area contributed by atoms with Crippen molar-refractivity contribution in [3.8, 4) is 11.5 Å². The van der Waals surface area contributed by atoms with Gasteiger partial charge in [-0.05, 0) is 49.4 Å². The normalized spacial score (nSPS) is 25.3. The molecule has 0 radical (unpaired) electrons. The van der Waals surface area contributed by atoms with E-state index in [4.69, 9.17) is 9.47 Å². The maximum Gasteiger partial charge on any atom is 0.245 e. The van der Waals surface area contributed by atoms with Gasteiger partial charge in [-0.3, -0.25) is 4.98 Å². The summed E-state index contributed by atoms with van der Waals surface area (Å²) in [5.41, 5.74) is 0. The molecule has 3 atom stereocenters. The first kappa shape index (κ1) is 17.3. The number of benzene rings is 1. The van der Waals surface area contributed by atoms with Crippen molar-refractivity contribution in [1.82, 2.24) is 9.29 Å². The van der Waals surface area contributed by atoms with Crippen LogP contribution in [-0.4, -0.2) is 43.5 Å². The van der Waals surface area contributed by atoms with Gasteiger partial charge in [0.15, 0.2) is 0 Å². The average Bonchev–Trinajstić information content (AvgIpc) is 3.29. The van der Waals surface area contributed by atoms with Gasteiger partial charge in [-0.1, -0.05) is 6.07 Å². The molecule has 0 amide bonds. The van der Waals surface area contributed by atoms with Gasteiger partial charge in [-0.25, -0.2) is 8.42 Å². The molecule has 2 fully saturated rings. The van der Waals surface area contributed by atoms with Crippen LogP contribution >= 0.6 is 0 Å². The summed E-state index contributed by atoms with van der Waals surface area (Å²) < 4.78 is 39.1. The van der Waals surface area contributed by atoms with Crippen LogP contribution < -0.4 is 9.47 Å². The van der Waals surface area contributed by atoms with Gasteiger partial charge in [-0.15, -0.1) is 0 Å². The predicted octanol–water partition coefficient (Wildman–Crippen LogP) is 2.71. The minimum atomic E-state index is -3.57. The van der Waals surface area contributed by atoms with Crippen molar-refractivity contribution < 1.29 is 17.9 Å². The van der Waals surface area contributed by atoms with Crippen molar-refractivity contribution in [2.24, 2.45) is 5.92 Å². The van der Waals surface area contributed by atoms with Crippen LogP contribution in [0.15, 0.2) is 53.7 Å². The van der Waals surface area contributed by atoms with Crippen LogP contribution in [0.5, 0.6) is 11.5 Å². The summed E-state index contributed by atoms with van der Waals surface area (Å²) in [5, 5.41) is 0. The maximum atomic E-state index is 13.2. The number of fused-ring (bicyclic) bond motifs is 2. The number of hydrogen-bond acceptors (Lipinski definition) is 5. The first-order chi connectivity index (χ1) is 12.6. The summed E-state index contributed by atoms with van der Waals surface area (Å²) in [7, 11) is -1.96. The minimum absolute atomic E-state index is 0.0594. The number of hydrogen-bond donors (Lipinski definition) is 0. The highest BCUT2D eigenvalue weighted by atomic mass is 32.2. The smallest absolute Gasteiger partial charge is 0.245 e. The van der Waals surface area contributed by atoms with Crippen LogP contribution in [0.4, 0.5) is 0 Å². The van der Waals surface area contributed by atoms with Crippen LogP contribution in [0.1, 0.15) is 19.3 Å². The largest absolute Gasteiger partial charge is 0.497 e. The fourth-order valence-electron chi connectivity index (χ4n) is 4.13. The van der Waals surface area contributed by atoms with Gasteiger partial charge >= 0.3 is 0 Å². The summed E-state index contributed by atoms with van der Waals surface area (Å²) in [6.45, 7) is 0.341. The molecular weight excluding hydrogens is 352 g/mol. The van der Waals surface area contributed by atoms with E-state index in [2.05, 4.69) is 4.98 Å². The Morgan fingerprint density at radius 1 is 1.19 bits per heavy atom. The van der Waals surface area contributed by atoms with Gasteiger partial charge in [0.25, 0.3) is 0 Å². The molecule has 7 heteroatoms. The van der Waals surface area contributed by atoms with E-state index in [1.165, 1.54) is 6.20 Å². The average molecular weight is 374 g/mol. The topological polar surface area (TPSA) is 68.7 Å². The fraction of sp³-hybridized carbons (Fsp3) is 0.421. The van der Waals surface area contributed by atoms with E-state index in [0.29, 0.717) is 18.3 Å². The number of nitrogens with zero attached hydrogens (tertiary/aromatic N) is 2. The Kier molecular flexibility index (Phi) is 4.58. The van der Waals surface area contributed by atoms with Gasteiger partial charge in [0.05, 0.1) is 13.2 Å². The standard InChI is InChI=1S/C19H22N2O4S/c1-24-16-4-2-5-17(11-16)25-13-19-14-7-8-15(10-14)21(19)26(22,23)18-6-3-9-20-12-18/h2-6,9,11-12,14-15,19H,7-8,10,13H2,1H3/t14-,15-,19-/m0/s1. The van der Waals surface area contributed by atoms with E-state index in [-0.39, 0.29) is 17.0 Å². The van der Waals surface area contributed by atoms with Crippen LogP contribution in [-0.2, 0) is 10.0 Å². The Morgan fingerprint density at radius 3 is 2.81 bits per heavy atom. The molecule has 2 bridgehead atoms. The van der Waals surface area contributed by atoms with Crippen molar-refractivity contribution >= 4 is 10.0 Å². The van der Waals surface area contributed by atoms with Crippen molar-refractivity contribution in [3.63, 3.8) is 0 Å². The first-order valence-corrected chi connectivity index (χ1v) is 10.2. The van der Waals surface area contributed by atoms with E-state index < -0.39 is 10.0 Å². The van der Waals surface area contributed by atoms with Crippen molar-refractivity contribution in [1.29, 1.82) is 0 Å². The third-order valence-electron chi connectivity index (χ3n) is 5.35. The van der Waals surface area contributed by atoms with Crippen molar-refractivity contribution in [3.05, 3.63) is 48.8 Å². The number of aromatic nitrogens is 1. The van der Waals surface area contributed by atoms with Crippen LogP contribution in [0.3, 0.4) is 0 Å². The van der Waals surface area contributed by atoms with E-state index in [1.807, 2.05) is 24.3 Å². The molecule has 138 valence electrons. The Labute approximate surface area is 153 Å². The second-order valence-corrected chi connectivity index (χ2v) is 8.65. The summed E-state index contributed by atoms with van der Waals surface area (Å²) in [4.78, 5) is 4.22. The third-order valence-corrected chi connectivity index (χ3v) is 7.31. The Morgan fingerprint density at radius 2 is 2.04 bits per heavy atom. The molecule has 1 saturated heterocycles. The first-order valence-electron chi connectivity index (χ1n) is 8.80. The van der Waals surface area contributed by atoms with Crippen molar-refractivity contribution in [2.75, 3.05) is 13.7 Å². The number of methoxy groups -OCH3 is 1. The van der Waals surface area contributed by atoms with E-state index >= 15 is 0 Å². The molecule has 2 aromatic rings. The minimum Gasteiger partial charge on any atom is -0.497 e. The number of piperidine rings is 1. The molecule has 0 N–H and O–H groups in total. The highest BCUT2D eigenvalue weighted by molar-refractivity contribution is 7.89. The molecule has 0 spiro atoms. The van der Waals surface area contributed by atoms with Crippen molar-refractivity contribution in [2.45, 2.75) is 36.2 Å². The second-order valence-electron chi connectivity index (χ2n) is 6.81. The van der Waals surface area contributed by atoms with Crippen LogP contribution in [0.25, 0.3) is 0 Å². The molecule has 1 aliphatic carbocycles. The summed E-state index contributed by atoms with van der Waals surface area (Å²) >= 11 is 0. The lowest BCUT2D eigenvalue weighted by atomic mass is 10.0. The summed E-state index contributed by atoms with van der Waals surface area (Å²) in [6.07, 6.45) is 5.88. The Balaban J connectivity index is 1.56. The van der Waals surface area contributed by atoms with Gasteiger partial charge in [-0.2, -0.15) is 4.31 Å². The molecule has 26 heavy (non-hydrogen) atoms. The SMILES string of the molecule is COc1cccc(OC[C@H]2[C@H]3CC[C@@H](C3)N2S(=O)(=O)c2cccnc2)c1. The highest BCUT2D eigenvalue weighted by Crippen LogP contribution is 2.45. The fourth-order valence-corrected chi connectivity index (χ4v) is 5.99. The molecular formula is C19H22N2O4S. The highest BCUT2D eigenvalue weighted by Gasteiger charge is 2.51. The second kappa shape index (κ2) is 6.89. The van der Waals surface area contributed by atoms with Gasteiger partial charge in [0.1, 0.15) is 23.0 Å². The lowest BCUT2D eigenvalue weighted by Gasteiger charge is -2.34. The third kappa shape index (κ3) is 3.05. The molecule has 1 saturated carbocycles. The molecule has 1 aromatic heterocycles. The zero-order chi connectivity index (χ0) is 18.1. The number of ether oxygens (including phenoxy) is 2. The van der Waals surface area contributed by atoms with Gasteiger partial charge < -0.3 is 9.47 Å². The number of pyridine rings is 1. The zero-order valence-electron chi connectivity index (χ0n) is 14.6. The van der Waals surface area contributed by atoms with Crippen LogP contribution in [0, 0.1) is 5.92 Å². The molecule has 0 unspecified atom stereocenters. The summed E-state index contributed by atoms with van der Waals surface area (Å²) in [5.74, 6) is 1.75. The lowest BCUT2D eigenvalue weighted by molar-refractivity contribution is 0.162. The Bertz CT molecular complexity index is 872. The monoisotopic (exact) mass is 374 g/mol. The van der Waals surface area contributed by atoms with E-state index in [1.54, 1.807) is 29.7 Å². The molecule has 1 aromatic carbocycles. The quantitative estimate of drug-likeness (QED) is 0.778. The maximum absolute atomic E-state index is 13.2. The lowest BCUT2D eigenvalue weighted by Crippen LogP contribution is -2.47. The van der Waals surface area contributed by atoms with E-state index in [9.17, 15) is 8.42 Å². The predicted molar refractivity (Wildman–Crippen MR) is 96.7 cm³/mol. The molecule has 6 nitrogen and oxygen atoms in total. The van der Waals surface area contributed by atoms with Gasteiger partial charge in [0.2, 0.25) is 10.0 Å². The Hall–Kier alpha value is -2.12. The van der Waals surface area contributed by atoms with Crippen LogP contribution in [0.2, 0.25) is 0 Å². The number of sulfonamides is 1. The molecule has 2 heterocycles. The van der Waals surface area contributed by atoms with Gasteiger partial charge in [0, 0.05) is 24.5 Å². The molecule has 4 rings (SSSR count). The summed E-state index contributed by atoms with van der Waals surface area (Å²) in [6, 6.07) is 10.6.